The van der Waals surface area contributed by atoms with E-state index in [1.807, 2.05) is 90.3 Å². The van der Waals surface area contributed by atoms with Crippen molar-refractivity contribution in [2.24, 2.45) is 9.98 Å². The monoisotopic (exact) mass is 782 g/mol. The van der Waals surface area contributed by atoms with E-state index >= 15 is 0 Å². The van der Waals surface area contributed by atoms with Crippen LogP contribution in [0.5, 0.6) is 0 Å². The number of benzene rings is 8. The third kappa shape index (κ3) is 6.96. The normalized spacial score (nSPS) is 12.1. The molecule has 4 heteroatoms. The molecule has 0 amide bonds. The van der Waals surface area contributed by atoms with Gasteiger partial charge in [-0.1, -0.05) is 158 Å². The minimum Gasteiger partial charge on any atom is -0.233 e. The van der Waals surface area contributed by atoms with Gasteiger partial charge < -0.3 is 0 Å². The maximum atomic E-state index is 4.81. The predicted octanol–water partition coefficient (Wildman–Crippen LogP) is 15.8. The maximum absolute atomic E-state index is 4.81. The van der Waals surface area contributed by atoms with Crippen LogP contribution in [0.1, 0.15) is 40.3 Å². The highest BCUT2D eigenvalue weighted by Gasteiger charge is 2.21. The number of rotatable bonds is 5. The molecule has 58 heavy (non-hydrogen) atoms. The average molecular weight is 783 g/mol. The Kier molecular flexibility index (Phi) is 10.1. The van der Waals surface area contributed by atoms with Crippen LogP contribution >= 0.6 is 22.7 Å². The van der Waals surface area contributed by atoms with Crippen molar-refractivity contribution in [3.05, 3.63) is 210 Å². The van der Waals surface area contributed by atoms with Gasteiger partial charge in [0.1, 0.15) is 0 Å². The summed E-state index contributed by atoms with van der Waals surface area (Å²) in [6, 6.07) is 59.6. The fourth-order valence-electron chi connectivity index (χ4n) is 8.02. The zero-order valence-corrected chi connectivity index (χ0v) is 34.7. The molecule has 0 aliphatic rings. The van der Waals surface area contributed by atoms with Crippen molar-refractivity contribution >= 4 is 91.0 Å². The van der Waals surface area contributed by atoms with E-state index in [4.69, 9.17) is 9.98 Å². The van der Waals surface area contributed by atoms with Gasteiger partial charge in [0.2, 0.25) is 0 Å². The van der Waals surface area contributed by atoms with Crippen LogP contribution in [0.25, 0.3) is 67.9 Å². The van der Waals surface area contributed by atoms with Crippen LogP contribution in [0.4, 0.5) is 0 Å². The maximum Gasteiger partial charge on any atom is 0.160 e. The minimum absolute atomic E-state index is 0.665. The Labute approximate surface area is 347 Å². The molecule has 0 bridgehead atoms. The molecule has 10 aromatic rings. The average Bonchev–Trinajstić information content (AvgIpc) is 3.84. The van der Waals surface area contributed by atoms with Crippen LogP contribution in [-0.4, -0.2) is 11.5 Å². The lowest BCUT2D eigenvalue weighted by Gasteiger charge is -2.16. The Hall–Kier alpha value is -6.46. The van der Waals surface area contributed by atoms with Gasteiger partial charge in [0.25, 0.3) is 0 Å². The number of amidine groups is 1. The van der Waals surface area contributed by atoms with Crippen molar-refractivity contribution in [2.45, 2.75) is 27.7 Å². The van der Waals surface area contributed by atoms with Crippen molar-refractivity contribution < 1.29 is 0 Å². The van der Waals surface area contributed by atoms with Gasteiger partial charge in [-0.3, -0.25) is 0 Å². The molecular formula is C54H42N2S2. The number of thiophene rings is 2. The molecular weight excluding hydrogens is 741 g/mol. The first-order chi connectivity index (χ1) is 28.4. The first-order valence-corrected chi connectivity index (χ1v) is 21.2. The standard InChI is InChI=1S/C30H20S2.C24H22N2/c1-17-9-3-4-10-19(17)26-18(2)30-29(21-12-6-8-14-24(21)32-30)28-22(26)15-16-25-27(28)20-11-5-7-13-23(20)31-25;1-18-11-10-16-23(17-18)20(3)26-24(22-14-8-5-9-15-22)25-19(2)21-12-6-4-7-13-21/h3-16H,1-2H3;4-17H,3H2,1-2H3. The third-order valence-corrected chi connectivity index (χ3v) is 13.3. The van der Waals surface area contributed by atoms with Crippen LogP contribution in [0, 0.1) is 20.8 Å². The van der Waals surface area contributed by atoms with Gasteiger partial charge in [-0.05, 0) is 90.7 Å². The zero-order valence-electron chi connectivity index (χ0n) is 33.1. The first kappa shape index (κ1) is 37.1. The Bertz CT molecular complexity index is 3220. The summed E-state index contributed by atoms with van der Waals surface area (Å²) in [5.41, 5.74) is 11.3. The van der Waals surface area contributed by atoms with Crippen LogP contribution < -0.4 is 0 Å². The smallest absolute Gasteiger partial charge is 0.160 e. The number of aliphatic imine (C=N–C) groups is 2. The molecule has 0 spiro atoms. The zero-order chi connectivity index (χ0) is 39.8. The molecule has 8 aromatic carbocycles. The van der Waals surface area contributed by atoms with Crippen molar-refractivity contribution in [2.75, 3.05) is 0 Å². The molecule has 0 radical (unpaired) electrons. The van der Waals surface area contributed by atoms with Gasteiger partial charge in [-0.2, -0.15) is 0 Å². The Balaban J connectivity index is 0.000000154. The quantitative estimate of drug-likeness (QED) is 0.123. The minimum atomic E-state index is 0.665. The molecule has 2 heterocycles. The fraction of sp³-hybridized carbons (Fsp3) is 0.0741. The molecule has 280 valence electrons. The van der Waals surface area contributed by atoms with E-state index in [1.165, 1.54) is 78.9 Å². The van der Waals surface area contributed by atoms with E-state index in [0.29, 0.717) is 11.5 Å². The van der Waals surface area contributed by atoms with E-state index in [0.717, 1.165) is 22.4 Å². The SMILES string of the molecule is C=C(N=C(N=C(C)c1ccccc1)c1ccccc1)c1cccc(C)c1.Cc1ccccc1-c1c(C)c2sc3ccccc3c2c2c1ccc1sc3ccccc3c12. The number of hydrogen-bond donors (Lipinski definition) is 0. The second kappa shape index (κ2) is 15.8. The van der Waals surface area contributed by atoms with E-state index in [2.05, 4.69) is 137 Å². The van der Waals surface area contributed by atoms with Gasteiger partial charge >= 0.3 is 0 Å². The second-order valence-electron chi connectivity index (χ2n) is 14.8. The van der Waals surface area contributed by atoms with Crippen molar-refractivity contribution in [3.63, 3.8) is 0 Å². The predicted molar refractivity (Wildman–Crippen MR) is 256 cm³/mol. The molecule has 0 N–H and O–H groups in total. The molecule has 0 fully saturated rings. The van der Waals surface area contributed by atoms with E-state index in [9.17, 15) is 0 Å². The molecule has 10 rings (SSSR count). The molecule has 2 aromatic heterocycles. The summed E-state index contributed by atoms with van der Waals surface area (Å²) in [5, 5.41) is 8.35. The summed E-state index contributed by atoms with van der Waals surface area (Å²) in [4.78, 5) is 9.57. The largest absolute Gasteiger partial charge is 0.233 e. The molecule has 0 saturated carbocycles. The third-order valence-electron chi connectivity index (χ3n) is 10.9. The summed E-state index contributed by atoms with van der Waals surface area (Å²) in [6.45, 7) is 12.8. The second-order valence-corrected chi connectivity index (χ2v) is 16.9. The fourth-order valence-corrected chi connectivity index (χ4v) is 10.3. The Morgan fingerprint density at radius 1 is 0.483 bits per heavy atom. The van der Waals surface area contributed by atoms with Crippen LogP contribution in [0.15, 0.2) is 186 Å². The first-order valence-electron chi connectivity index (χ1n) is 19.6. The summed E-state index contributed by atoms with van der Waals surface area (Å²) >= 11 is 3.84. The van der Waals surface area contributed by atoms with Gasteiger partial charge in [-0.15, -0.1) is 22.7 Å². The molecule has 0 aliphatic heterocycles. The molecule has 0 unspecified atom stereocenters. The number of fused-ring (bicyclic) bond motifs is 9. The topological polar surface area (TPSA) is 24.7 Å². The lowest BCUT2D eigenvalue weighted by atomic mass is 9.87. The van der Waals surface area contributed by atoms with Crippen molar-refractivity contribution in [1.29, 1.82) is 0 Å². The number of nitrogens with zero attached hydrogens (tertiary/aromatic N) is 2. The van der Waals surface area contributed by atoms with E-state index < -0.39 is 0 Å². The highest BCUT2D eigenvalue weighted by Crippen LogP contribution is 2.50. The van der Waals surface area contributed by atoms with Crippen molar-refractivity contribution in [1.82, 2.24) is 0 Å². The summed E-state index contributed by atoms with van der Waals surface area (Å²) < 4.78 is 5.51. The van der Waals surface area contributed by atoms with Gasteiger partial charge in [0, 0.05) is 57.0 Å². The van der Waals surface area contributed by atoms with Crippen LogP contribution in [-0.2, 0) is 0 Å². The summed E-state index contributed by atoms with van der Waals surface area (Å²) in [6.07, 6.45) is 0. The van der Waals surface area contributed by atoms with Gasteiger partial charge in [-0.25, -0.2) is 9.98 Å². The van der Waals surface area contributed by atoms with Crippen LogP contribution in [0.3, 0.4) is 0 Å². The molecule has 2 nitrogen and oxygen atoms in total. The van der Waals surface area contributed by atoms with Gasteiger partial charge in [0.15, 0.2) is 5.84 Å². The lowest BCUT2D eigenvalue weighted by molar-refractivity contribution is 1.40. The summed E-state index contributed by atoms with van der Waals surface area (Å²) in [5.74, 6) is 0.665. The van der Waals surface area contributed by atoms with Crippen LogP contribution in [0.2, 0.25) is 0 Å². The van der Waals surface area contributed by atoms with Gasteiger partial charge in [0.05, 0.1) is 5.70 Å². The van der Waals surface area contributed by atoms with Crippen molar-refractivity contribution in [3.8, 4) is 11.1 Å². The molecule has 0 atom stereocenters. The Morgan fingerprint density at radius 2 is 1.09 bits per heavy atom. The summed E-state index contributed by atoms with van der Waals surface area (Å²) in [7, 11) is 0. The molecule has 0 aliphatic carbocycles. The highest BCUT2D eigenvalue weighted by molar-refractivity contribution is 7.27. The Morgan fingerprint density at radius 3 is 1.79 bits per heavy atom. The van der Waals surface area contributed by atoms with E-state index in [-0.39, 0.29) is 0 Å². The number of aryl methyl sites for hydroxylation is 3. The lowest BCUT2D eigenvalue weighted by Crippen LogP contribution is -2.04. The molecule has 0 saturated heterocycles. The number of hydrogen-bond acceptors (Lipinski definition) is 3. The van der Waals surface area contributed by atoms with E-state index in [1.54, 1.807) is 0 Å². The highest BCUT2D eigenvalue weighted by atomic mass is 32.1.